The molecule has 1 aromatic rings. The molecule has 0 spiro atoms. The van der Waals surface area contributed by atoms with Crippen LogP contribution in [0.2, 0.25) is 0 Å². The predicted octanol–water partition coefficient (Wildman–Crippen LogP) is 2.90. The number of nitrogens with zero attached hydrogens (tertiary/aromatic N) is 2. The largest absolute Gasteiger partial charge is 0.472 e. The zero-order chi connectivity index (χ0) is 12.3. The molecular weight excluding hydrogens is 296 g/mol. The van der Waals surface area contributed by atoms with Gasteiger partial charge in [-0.05, 0) is 0 Å². The Morgan fingerprint density at radius 1 is 1.38 bits per heavy atom. The Balaban J connectivity index is 2.98. The van der Waals surface area contributed by atoms with Gasteiger partial charge in [-0.1, -0.05) is 15.9 Å². The third-order valence-corrected chi connectivity index (χ3v) is 2.37. The van der Waals surface area contributed by atoms with Crippen molar-refractivity contribution in [3.8, 4) is 5.88 Å². The summed E-state index contributed by atoms with van der Waals surface area (Å²) in [5.41, 5.74) is -0.359. The van der Waals surface area contributed by atoms with E-state index < -0.39 is 25.2 Å². The van der Waals surface area contributed by atoms with E-state index >= 15 is 0 Å². The molecule has 0 N–H and O–H groups in total. The summed E-state index contributed by atoms with van der Waals surface area (Å²) in [6, 6.07) is 0. The van der Waals surface area contributed by atoms with Gasteiger partial charge in [-0.15, -0.1) is 0 Å². The maximum absolute atomic E-state index is 12.5. The fourth-order valence-corrected chi connectivity index (χ4v) is 1.72. The lowest BCUT2D eigenvalue weighted by atomic mass is 10.3. The van der Waals surface area contributed by atoms with Crippen LogP contribution < -0.4 is 4.74 Å². The van der Waals surface area contributed by atoms with Crippen molar-refractivity contribution in [2.24, 2.45) is 7.05 Å². The van der Waals surface area contributed by atoms with E-state index in [0.29, 0.717) is 0 Å². The number of alkyl halides is 5. The molecule has 92 valence electrons. The molecular formula is C8H9BrF4N2O. The molecule has 3 nitrogen and oxygen atoms in total. The Labute approximate surface area is 97.5 Å². The Hall–Kier alpha value is -0.790. The van der Waals surface area contributed by atoms with Crippen LogP contribution in [0, 0.1) is 0 Å². The lowest BCUT2D eigenvalue weighted by molar-refractivity contribution is 0.0770. The van der Waals surface area contributed by atoms with Crippen LogP contribution >= 0.6 is 15.9 Å². The summed E-state index contributed by atoms with van der Waals surface area (Å²) >= 11 is 2.99. The minimum Gasteiger partial charge on any atom is -0.472 e. The topological polar surface area (TPSA) is 27.1 Å². The SMILES string of the molecule is Cn1nc(C(F)F)c(CBr)c1OCC(F)F. The molecule has 0 unspecified atom stereocenters. The Morgan fingerprint density at radius 2 is 2.00 bits per heavy atom. The summed E-state index contributed by atoms with van der Waals surface area (Å²) in [6.45, 7) is -0.845. The van der Waals surface area contributed by atoms with E-state index in [-0.39, 0.29) is 16.8 Å². The molecule has 0 aliphatic heterocycles. The summed E-state index contributed by atoms with van der Waals surface area (Å²) in [5.74, 6) is -0.0625. The van der Waals surface area contributed by atoms with Crippen LogP contribution in [-0.4, -0.2) is 22.8 Å². The lowest BCUT2D eigenvalue weighted by Crippen LogP contribution is -2.10. The van der Waals surface area contributed by atoms with E-state index in [1.165, 1.54) is 7.05 Å². The first-order chi connectivity index (χ1) is 7.47. The maximum atomic E-state index is 12.5. The van der Waals surface area contributed by atoms with E-state index in [4.69, 9.17) is 4.74 Å². The van der Waals surface area contributed by atoms with E-state index in [9.17, 15) is 17.6 Å². The average molecular weight is 305 g/mol. The molecule has 0 radical (unpaired) electrons. The maximum Gasteiger partial charge on any atom is 0.282 e. The highest BCUT2D eigenvalue weighted by atomic mass is 79.9. The van der Waals surface area contributed by atoms with Crippen LogP contribution in [0.15, 0.2) is 0 Å². The van der Waals surface area contributed by atoms with Crippen molar-refractivity contribution in [1.82, 2.24) is 9.78 Å². The highest BCUT2D eigenvalue weighted by Gasteiger charge is 2.23. The summed E-state index contributed by atoms with van der Waals surface area (Å²) in [6.07, 6.45) is -5.42. The van der Waals surface area contributed by atoms with Crippen LogP contribution in [0.4, 0.5) is 17.6 Å². The van der Waals surface area contributed by atoms with Crippen molar-refractivity contribution >= 4 is 15.9 Å². The number of ether oxygens (including phenoxy) is 1. The van der Waals surface area contributed by atoms with Crippen molar-refractivity contribution in [1.29, 1.82) is 0 Å². The molecule has 0 bridgehead atoms. The van der Waals surface area contributed by atoms with Gasteiger partial charge in [-0.3, -0.25) is 0 Å². The summed E-state index contributed by atoms with van der Waals surface area (Å²) in [5, 5.41) is 3.59. The van der Waals surface area contributed by atoms with Gasteiger partial charge >= 0.3 is 0 Å². The molecule has 0 saturated heterocycles. The molecule has 16 heavy (non-hydrogen) atoms. The minimum atomic E-state index is -2.76. The molecule has 0 amide bonds. The molecule has 8 heteroatoms. The molecule has 0 aliphatic rings. The average Bonchev–Trinajstić information content (AvgIpc) is 2.51. The van der Waals surface area contributed by atoms with E-state index in [0.717, 1.165) is 4.68 Å². The second-order valence-corrected chi connectivity index (χ2v) is 3.49. The molecule has 0 fully saturated rings. The molecule has 0 aromatic carbocycles. The second kappa shape index (κ2) is 5.51. The molecule has 0 atom stereocenters. The van der Waals surface area contributed by atoms with Crippen molar-refractivity contribution in [3.63, 3.8) is 0 Å². The Bertz CT molecular complexity index is 356. The number of halogens is 5. The number of aryl methyl sites for hydroxylation is 1. The fourth-order valence-electron chi connectivity index (χ4n) is 1.20. The molecule has 1 aromatic heterocycles. The minimum absolute atomic E-state index is 0.0625. The monoisotopic (exact) mass is 304 g/mol. The van der Waals surface area contributed by atoms with E-state index in [1.54, 1.807) is 0 Å². The second-order valence-electron chi connectivity index (χ2n) is 2.93. The standard InChI is InChI=1S/C8H9BrF4N2O/c1-15-8(16-3-5(10)11)4(2-9)6(14-15)7(12)13/h5,7H,2-3H2,1H3. The van der Waals surface area contributed by atoms with E-state index in [1.807, 2.05) is 0 Å². The van der Waals surface area contributed by atoms with Crippen molar-refractivity contribution in [2.75, 3.05) is 6.61 Å². The third-order valence-electron chi connectivity index (χ3n) is 1.81. The fraction of sp³-hybridized carbons (Fsp3) is 0.625. The van der Waals surface area contributed by atoms with Gasteiger partial charge in [0, 0.05) is 12.4 Å². The number of aromatic nitrogens is 2. The van der Waals surface area contributed by atoms with Crippen molar-refractivity contribution in [2.45, 2.75) is 18.2 Å². The van der Waals surface area contributed by atoms with Gasteiger partial charge in [0.25, 0.3) is 12.9 Å². The first kappa shape index (κ1) is 13.3. The van der Waals surface area contributed by atoms with Gasteiger partial charge < -0.3 is 4.74 Å². The van der Waals surface area contributed by atoms with Crippen LogP contribution in [-0.2, 0) is 12.4 Å². The van der Waals surface area contributed by atoms with Gasteiger partial charge in [0.05, 0.1) is 5.56 Å². The highest BCUT2D eigenvalue weighted by molar-refractivity contribution is 9.08. The number of rotatable bonds is 5. The summed E-state index contributed by atoms with van der Waals surface area (Å²) in [4.78, 5) is 0. The van der Waals surface area contributed by atoms with Gasteiger partial charge in [0.15, 0.2) is 6.61 Å². The van der Waals surface area contributed by atoms with Gasteiger partial charge in [-0.2, -0.15) is 5.10 Å². The number of hydrogen-bond acceptors (Lipinski definition) is 2. The van der Waals surface area contributed by atoms with Crippen molar-refractivity contribution in [3.05, 3.63) is 11.3 Å². The smallest absolute Gasteiger partial charge is 0.282 e. The van der Waals surface area contributed by atoms with Crippen molar-refractivity contribution < 1.29 is 22.3 Å². The summed E-state index contributed by atoms with van der Waals surface area (Å²) < 4.78 is 54.7. The zero-order valence-corrected chi connectivity index (χ0v) is 9.85. The molecule has 1 rings (SSSR count). The summed E-state index contributed by atoms with van der Waals surface area (Å²) in [7, 11) is 1.36. The number of hydrogen-bond donors (Lipinski definition) is 0. The Morgan fingerprint density at radius 3 is 2.44 bits per heavy atom. The highest BCUT2D eigenvalue weighted by Crippen LogP contribution is 2.31. The normalized spacial score (nSPS) is 11.5. The lowest BCUT2D eigenvalue weighted by Gasteiger charge is -2.07. The van der Waals surface area contributed by atoms with Crippen LogP contribution in [0.1, 0.15) is 17.7 Å². The first-order valence-electron chi connectivity index (χ1n) is 4.28. The van der Waals surface area contributed by atoms with Gasteiger partial charge in [0.2, 0.25) is 5.88 Å². The first-order valence-corrected chi connectivity index (χ1v) is 5.40. The van der Waals surface area contributed by atoms with Crippen LogP contribution in [0.25, 0.3) is 0 Å². The quantitative estimate of drug-likeness (QED) is 0.618. The van der Waals surface area contributed by atoms with Gasteiger partial charge in [0.1, 0.15) is 5.69 Å². The predicted molar refractivity (Wildman–Crippen MR) is 52.3 cm³/mol. The molecule has 0 aliphatic carbocycles. The van der Waals surface area contributed by atoms with Gasteiger partial charge in [-0.25, -0.2) is 22.2 Å². The molecule has 1 heterocycles. The van der Waals surface area contributed by atoms with E-state index in [2.05, 4.69) is 21.0 Å². The van der Waals surface area contributed by atoms with Crippen LogP contribution in [0.3, 0.4) is 0 Å². The third kappa shape index (κ3) is 2.87. The molecule has 0 saturated carbocycles. The zero-order valence-electron chi connectivity index (χ0n) is 8.26. The van der Waals surface area contributed by atoms with Crippen LogP contribution in [0.5, 0.6) is 5.88 Å². The Kier molecular flexibility index (Phi) is 4.57.